The fourth-order valence-corrected chi connectivity index (χ4v) is 3.31. The summed E-state index contributed by atoms with van der Waals surface area (Å²) in [5.41, 5.74) is 1.00. The van der Waals surface area contributed by atoms with Gasteiger partial charge in [0, 0.05) is 10.3 Å². The van der Waals surface area contributed by atoms with Gasteiger partial charge in [-0.1, -0.05) is 22.0 Å². The van der Waals surface area contributed by atoms with Crippen LogP contribution in [-0.4, -0.2) is 6.61 Å². The summed E-state index contributed by atoms with van der Waals surface area (Å²) in [6.45, 7) is 2.16. The molecular formula is C11H12BrO3P. The number of hydrogen-bond donors (Lipinski definition) is 0. The Morgan fingerprint density at radius 2 is 2.38 bits per heavy atom. The minimum atomic E-state index is -3.10. The molecule has 2 rings (SSSR count). The molecule has 3 nitrogen and oxygen atoms in total. The molecule has 1 aliphatic rings. The van der Waals surface area contributed by atoms with Gasteiger partial charge < -0.3 is 4.52 Å². The van der Waals surface area contributed by atoms with E-state index < -0.39 is 7.60 Å². The molecule has 0 bridgehead atoms. The van der Waals surface area contributed by atoms with Gasteiger partial charge in [0.25, 0.3) is 0 Å². The van der Waals surface area contributed by atoms with E-state index in [9.17, 15) is 4.57 Å². The van der Waals surface area contributed by atoms with Gasteiger partial charge in [-0.05, 0) is 37.1 Å². The van der Waals surface area contributed by atoms with E-state index in [1.807, 2.05) is 18.2 Å². The maximum absolute atomic E-state index is 12.2. The largest absolute Gasteiger partial charge is 0.421 e. The zero-order chi connectivity index (χ0) is 11.6. The van der Waals surface area contributed by atoms with E-state index in [1.54, 1.807) is 13.0 Å². The predicted octanol–water partition coefficient (Wildman–Crippen LogP) is 4.13. The minimum absolute atomic E-state index is 0.369. The molecule has 0 spiro atoms. The van der Waals surface area contributed by atoms with Gasteiger partial charge in [-0.15, -0.1) is 0 Å². The lowest BCUT2D eigenvalue weighted by Gasteiger charge is -2.15. The second kappa shape index (κ2) is 4.74. The molecule has 1 atom stereocenters. The molecule has 0 unspecified atom stereocenters. The van der Waals surface area contributed by atoms with Crippen LogP contribution in [0.3, 0.4) is 0 Å². The van der Waals surface area contributed by atoms with E-state index in [0.29, 0.717) is 18.8 Å². The van der Waals surface area contributed by atoms with Crippen molar-refractivity contribution in [3.05, 3.63) is 40.1 Å². The van der Waals surface area contributed by atoms with Crippen molar-refractivity contribution in [3.8, 4) is 5.75 Å². The van der Waals surface area contributed by atoms with Crippen LogP contribution in [0.5, 0.6) is 5.75 Å². The zero-order valence-corrected chi connectivity index (χ0v) is 11.3. The van der Waals surface area contributed by atoms with Crippen LogP contribution in [0.1, 0.15) is 12.5 Å². The third-order valence-electron chi connectivity index (χ3n) is 2.18. The van der Waals surface area contributed by atoms with Crippen LogP contribution in [0.4, 0.5) is 0 Å². The van der Waals surface area contributed by atoms with Crippen molar-refractivity contribution in [2.24, 2.45) is 0 Å². The third kappa shape index (κ3) is 2.57. The monoisotopic (exact) mass is 302 g/mol. The Hall–Kier alpha value is -0.570. The highest BCUT2D eigenvalue weighted by molar-refractivity contribution is 9.10. The van der Waals surface area contributed by atoms with Crippen molar-refractivity contribution in [2.75, 3.05) is 6.61 Å². The SMILES string of the molecule is CCO[P@]1(=O)C=CCc2cc(Br)ccc2O1. The highest BCUT2D eigenvalue weighted by Crippen LogP contribution is 2.52. The van der Waals surface area contributed by atoms with Crippen LogP contribution >= 0.6 is 23.5 Å². The number of rotatable bonds is 2. The summed E-state index contributed by atoms with van der Waals surface area (Å²) in [5, 5.41) is 0. The third-order valence-corrected chi connectivity index (χ3v) is 4.32. The zero-order valence-electron chi connectivity index (χ0n) is 8.85. The topological polar surface area (TPSA) is 35.5 Å². The van der Waals surface area contributed by atoms with Crippen molar-refractivity contribution >= 4 is 23.5 Å². The predicted molar refractivity (Wildman–Crippen MR) is 66.8 cm³/mol. The number of hydrogen-bond acceptors (Lipinski definition) is 3. The van der Waals surface area contributed by atoms with Gasteiger partial charge >= 0.3 is 7.60 Å². The summed E-state index contributed by atoms with van der Waals surface area (Å²) >= 11 is 3.40. The summed E-state index contributed by atoms with van der Waals surface area (Å²) in [4.78, 5) is 0. The maximum atomic E-state index is 12.2. The first-order chi connectivity index (χ1) is 7.63. The van der Waals surface area contributed by atoms with Gasteiger partial charge in [-0.2, -0.15) is 0 Å². The van der Waals surface area contributed by atoms with Gasteiger partial charge in [0.15, 0.2) is 0 Å². The highest BCUT2D eigenvalue weighted by Gasteiger charge is 2.25. The van der Waals surface area contributed by atoms with Gasteiger partial charge in [0.1, 0.15) is 5.75 Å². The van der Waals surface area contributed by atoms with Crippen LogP contribution in [0.2, 0.25) is 0 Å². The molecule has 1 aromatic carbocycles. The Bertz CT molecular complexity index is 470. The molecular weight excluding hydrogens is 291 g/mol. The Labute approximate surface area is 103 Å². The molecule has 86 valence electrons. The van der Waals surface area contributed by atoms with E-state index in [2.05, 4.69) is 15.9 Å². The minimum Gasteiger partial charge on any atom is -0.421 e. The lowest BCUT2D eigenvalue weighted by Crippen LogP contribution is -1.95. The van der Waals surface area contributed by atoms with Crippen molar-refractivity contribution in [1.82, 2.24) is 0 Å². The maximum Gasteiger partial charge on any atom is 0.403 e. The molecule has 0 aliphatic carbocycles. The quantitative estimate of drug-likeness (QED) is 0.771. The molecule has 0 N–H and O–H groups in total. The molecule has 0 amide bonds. The van der Waals surface area contributed by atoms with E-state index >= 15 is 0 Å². The summed E-state index contributed by atoms with van der Waals surface area (Å²) in [6.07, 6.45) is 2.53. The van der Waals surface area contributed by atoms with Crippen LogP contribution in [-0.2, 0) is 15.5 Å². The van der Waals surface area contributed by atoms with Gasteiger partial charge in [-0.25, -0.2) is 4.57 Å². The van der Waals surface area contributed by atoms with Gasteiger partial charge in [-0.3, -0.25) is 4.52 Å². The van der Waals surface area contributed by atoms with Crippen molar-refractivity contribution < 1.29 is 13.6 Å². The summed E-state index contributed by atoms with van der Waals surface area (Å²) in [7, 11) is -3.10. The molecule has 0 saturated carbocycles. The smallest absolute Gasteiger partial charge is 0.403 e. The molecule has 1 aliphatic heterocycles. The number of benzene rings is 1. The Morgan fingerprint density at radius 1 is 1.56 bits per heavy atom. The van der Waals surface area contributed by atoms with Crippen LogP contribution in [0.15, 0.2) is 34.6 Å². The Balaban J connectivity index is 2.36. The first kappa shape index (κ1) is 11.9. The average Bonchev–Trinajstić information content (AvgIpc) is 2.37. The molecule has 0 fully saturated rings. The second-order valence-electron chi connectivity index (χ2n) is 3.39. The Kier molecular flexibility index (Phi) is 3.53. The van der Waals surface area contributed by atoms with Crippen LogP contribution in [0, 0.1) is 0 Å². The van der Waals surface area contributed by atoms with Crippen molar-refractivity contribution in [2.45, 2.75) is 13.3 Å². The fraction of sp³-hybridized carbons (Fsp3) is 0.273. The summed E-state index contributed by atoms with van der Waals surface area (Å²) in [6, 6.07) is 5.62. The summed E-state index contributed by atoms with van der Waals surface area (Å²) in [5.74, 6) is 2.16. The number of halogens is 1. The first-order valence-electron chi connectivity index (χ1n) is 5.03. The number of fused-ring (bicyclic) bond motifs is 1. The standard InChI is InChI=1S/C11H12BrO3P/c1-2-14-16(13)7-3-4-9-8-10(12)5-6-11(9)15-16/h3,5-8H,2,4H2,1H3/t16-/m1/s1. The van der Waals surface area contributed by atoms with Crippen molar-refractivity contribution in [1.29, 1.82) is 0 Å². The molecule has 1 aromatic rings. The molecule has 0 saturated heterocycles. The molecule has 16 heavy (non-hydrogen) atoms. The van der Waals surface area contributed by atoms with E-state index in [0.717, 1.165) is 10.0 Å². The lowest BCUT2D eigenvalue weighted by atomic mass is 10.1. The molecule has 0 aromatic heterocycles. The van der Waals surface area contributed by atoms with E-state index in [4.69, 9.17) is 9.05 Å². The highest BCUT2D eigenvalue weighted by atomic mass is 79.9. The van der Waals surface area contributed by atoms with Crippen LogP contribution < -0.4 is 4.52 Å². The van der Waals surface area contributed by atoms with Gasteiger partial charge in [0.05, 0.1) is 6.61 Å². The first-order valence-corrected chi connectivity index (χ1v) is 7.43. The van der Waals surface area contributed by atoms with Gasteiger partial charge in [0.2, 0.25) is 0 Å². The molecule has 0 radical (unpaired) electrons. The normalized spacial score (nSPS) is 23.4. The summed E-state index contributed by atoms with van der Waals surface area (Å²) < 4.78 is 23.8. The van der Waals surface area contributed by atoms with E-state index in [1.165, 1.54) is 5.82 Å². The molecule has 1 heterocycles. The number of allylic oxidation sites excluding steroid dienone is 1. The second-order valence-corrected chi connectivity index (χ2v) is 6.12. The fourth-order valence-electron chi connectivity index (χ4n) is 1.52. The molecule has 5 heteroatoms. The van der Waals surface area contributed by atoms with E-state index in [-0.39, 0.29) is 0 Å². The van der Waals surface area contributed by atoms with Crippen LogP contribution in [0.25, 0.3) is 0 Å². The average molecular weight is 303 g/mol. The lowest BCUT2D eigenvalue weighted by molar-refractivity contribution is 0.288. The van der Waals surface area contributed by atoms with Crippen molar-refractivity contribution in [3.63, 3.8) is 0 Å². The Morgan fingerprint density at radius 3 is 3.12 bits per heavy atom.